The minimum atomic E-state index is -0.296. The molecule has 1 saturated heterocycles. The summed E-state index contributed by atoms with van der Waals surface area (Å²) in [5.41, 5.74) is 2.43. The molecule has 0 radical (unpaired) electrons. The van der Waals surface area contributed by atoms with Gasteiger partial charge in [0, 0.05) is 49.6 Å². The van der Waals surface area contributed by atoms with Crippen LogP contribution in [0.1, 0.15) is 57.7 Å². The fourth-order valence-corrected chi connectivity index (χ4v) is 4.53. The maximum absolute atomic E-state index is 12.8. The van der Waals surface area contributed by atoms with Crippen LogP contribution >= 0.6 is 0 Å². The Bertz CT molecular complexity index is 1270. The second kappa shape index (κ2) is 12.0. The summed E-state index contributed by atoms with van der Waals surface area (Å²) in [6.07, 6.45) is 7.64. The number of nitrogens with zero attached hydrogens (tertiary/aromatic N) is 5. The van der Waals surface area contributed by atoms with E-state index in [9.17, 15) is 9.90 Å². The number of benzene rings is 1. The van der Waals surface area contributed by atoms with Crippen molar-refractivity contribution >= 4 is 18.0 Å². The molecule has 1 fully saturated rings. The Kier molecular flexibility index (Phi) is 9.02. The zero-order valence-corrected chi connectivity index (χ0v) is 21.5. The molecule has 1 aliphatic rings. The van der Waals surface area contributed by atoms with Crippen LogP contribution in [0.5, 0.6) is 0 Å². The monoisotopic (exact) mass is 475 g/mol. The second-order valence-corrected chi connectivity index (χ2v) is 9.31. The molecule has 1 N–H and O–H groups in total. The van der Waals surface area contributed by atoms with Crippen molar-refractivity contribution < 1.29 is 5.11 Å². The third-order valence-corrected chi connectivity index (χ3v) is 6.79. The zero-order chi connectivity index (χ0) is 25.5. The van der Waals surface area contributed by atoms with E-state index in [1.165, 1.54) is 5.56 Å². The van der Waals surface area contributed by atoms with Gasteiger partial charge in [-0.05, 0) is 50.5 Å². The summed E-state index contributed by atoms with van der Waals surface area (Å²) < 4.78 is 1.56. The molecule has 186 valence electrons. The Labute approximate surface area is 208 Å². The molecule has 7 heteroatoms. The Morgan fingerprint density at radius 1 is 1.31 bits per heavy atom. The lowest BCUT2D eigenvalue weighted by Crippen LogP contribution is -2.56. The van der Waals surface area contributed by atoms with Crippen LogP contribution in [0.4, 0.5) is 5.82 Å². The quantitative estimate of drug-likeness (QED) is 0.619. The smallest absolute Gasteiger partial charge is 0.349 e. The molecule has 7 nitrogen and oxygen atoms in total. The van der Waals surface area contributed by atoms with Crippen molar-refractivity contribution in [3.05, 3.63) is 68.1 Å². The molecule has 0 amide bonds. The topological polar surface area (TPSA) is 85.4 Å². The Morgan fingerprint density at radius 3 is 2.63 bits per heavy atom. The third kappa shape index (κ3) is 6.08. The highest BCUT2D eigenvalue weighted by Gasteiger charge is 2.29. The largest absolute Gasteiger partial charge is 0.392 e. The third-order valence-electron chi connectivity index (χ3n) is 6.79. The van der Waals surface area contributed by atoms with Gasteiger partial charge in [0.15, 0.2) is 0 Å². The van der Waals surface area contributed by atoms with E-state index in [1.807, 2.05) is 18.2 Å². The molecule has 0 spiro atoms. The van der Waals surface area contributed by atoms with Crippen molar-refractivity contribution in [1.29, 1.82) is 5.26 Å². The Morgan fingerprint density at radius 2 is 2.03 bits per heavy atom. The number of aliphatic hydroxyl groups excluding tert-OH is 1. The van der Waals surface area contributed by atoms with Crippen LogP contribution < -0.4 is 21.2 Å². The summed E-state index contributed by atoms with van der Waals surface area (Å²) >= 11 is 0. The van der Waals surface area contributed by atoms with Gasteiger partial charge >= 0.3 is 5.69 Å². The first-order valence-electron chi connectivity index (χ1n) is 12.4. The summed E-state index contributed by atoms with van der Waals surface area (Å²) in [6.45, 7) is 10.8. The Balaban J connectivity index is 1.97. The van der Waals surface area contributed by atoms with E-state index in [-0.39, 0.29) is 24.4 Å². The van der Waals surface area contributed by atoms with Gasteiger partial charge < -0.3 is 10.0 Å². The number of aromatic nitrogens is 2. The molecular weight excluding hydrogens is 438 g/mol. The van der Waals surface area contributed by atoms with Crippen LogP contribution in [-0.4, -0.2) is 45.2 Å². The van der Waals surface area contributed by atoms with Crippen molar-refractivity contribution in [2.24, 2.45) is 7.05 Å². The first-order chi connectivity index (χ1) is 16.8. The SMILES string of the molecule is CCC\C=c1/c(N2CCN(C(C)c3ccc(CO)cc3)CC2C)nc(=O)n(C)/c1=C/C=C(\C)C#N. The summed E-state index contributed by atoms with van der Waals surface area (Å²) in [5, 5.41) is 20.2. The molecule has 0 bridgehead atoms. The lowest BCUT2D eigenvalue weighted by molar-refractivity contribution is 0.175. The first-order valence-corrected chi connectivity index (χ1v) is 12.4. The molecule has 1 aromatic heterocycles. The van der Waals surface area contributed by atoms with Gasteiger partial charge in [-0.25, -0.2) is 4.79 Å². The van der Waals surface area contributed by atoms with E-state index in [2.05, 4.69) is 59.8 Å². The highest BCUT2D eigenvalue weighted by atomic mass is 16.3. The summed E-state index contributed by atoms with van der Waals surface area (Å²) in [6, 6.07) is 10.7. The van der Waals surface area contributed by atoms with Crippen LogP contribution in [0.2, 0.25) is 0 Å². The summed E-state index contributed by atoms with van der Waals surface area (Å²) in [4.78, 5) is 22.1. The van der Waals surface area contributed by atoms with Crippen molar-refractivity contribution in [2.45, 2.75) is 59.2 Å². The predicted molar refractivity (Wildman–Crippen MR) is 141 cm³/mol. The summed E-state index contributed by atoms with van der Waals surface area (Å²) in [5.74, 6) is 0.725. The minimum Gasteiger partial charge on any atom is -0.392 e. The molecule has 1 aliphatic heterocycles. The van der Waals surface area contributed by atoms with E-state index in [0.29, 0.717) is 5.57 Å². The van der Waals surface area contributed by atoms with E-state index in [0.717, 1.165) is 54.4 Å². The molecule has 35 heavy (non-hydrogen) atoms. The average Bonchev–Trinajstić information content (AvgIpc) is 2.87. The molecule has 2 atom stereocenters. The zero-order valence-electron chi connectivity index (χ0n) is 21.5. The number of hydrogen-bond donors (Lipinski definition) is 1. The number of hydrogen-bond acceptors (Lipinski definition) is 6. The number of rotatable bonds is 7. The van der Waals surface area contributed by atoms with Gasteiger partial charge in [0.2, 0.25) is 0 Å². The highest BCUT2D eigenvalue weighted by Crippen LogP contribution is 2.25. The maximum Gasteiger partial charge on any atom is 0.349 e. The number of aliphatic hydroxyl groups is 1. The average molecular weight is 476 g/mol. The van der Waals surface area contributed by atoms with Crippen LogP contribution in [-0.2, 0) is 13.7 Å². The van der Waals surface area contributed by atoms with Crippen molar-refractivity contribution in [1.82, 2.24) is 14.5 Å². The fourth-order valence-electron chi connectivity index (χ4n) is 4.53. The van der Waals surface area contributed by atoms with Crippen LogP contribution in [0.3, 0.4) is 0 Å². The molecule has 0 aliphatic carbocycles. The van der Waals surface area contributed by atoms with Gasteiger partial charge in [0.1, 0.15) is 5.82 Å². The minimum absolute atomic E-state index is 0.0522. The van der Waals surface area contributed by atoms with Gasteiger partial charge in [-0.1, -0.05) is 43.7 Å². The predicted octanol–water partition coefficient (Wildman–Crippen LogP) is 2.38. The fraction of sp³-hybridized carbons (Fsp3) is 0.464. The number of unbranched alkanes of at least 4 members (excludes halogenated alkanes) is 1. The van der Waals surface area contributed by atoms with E-state index >= 15 is 0 Å². The van der Waals surface area contributed by atoms with E-state index in [1.54, 1.807) is 24.6 Å². The highest BCUT2D eigenvalue weighted by molar-refractivity contribution is 5.50. The van der Waals surface area contributed by atoms with E-state index in [4.69, 9.17) is 5.26 Å². The molecule has 2 unspecified atom stereocenters. The van der Waals surface area contributed by atoms with Gasteiger partial charge in [-0.15, -0.1) is 0 Å². The van der Waals surface area contributed by atoms with Crippen molar-refractivity contribution in [3.8, 4) is 6.07 Å². The summed E-state index contributed by atoms with van der Waals surface area (Å²) in [7, 11) is 1.73. The number of nitriles is 1. The van der Waals surface area contributed by atoms with Gasteiger partial charge in [0.25, 0.3) is 0 Å². The van der Waals surface area contributed by atoms with Crippen molar-refractivity contribution in [2.75, 3.05) is 24.5 Å². The van der Waals surface area contributed by atoms with Crippen LogP contribution in [0.15, 0.2) is 40.7 Å². The first kappa shape index (κ1) is 26.4. The number of piperazine rings is 1. The van der Waals surface area contributed by atoms with Crippen molar-refractivity contribution in [3.63, 3.8) is 0 Å². The van der Waals surface area contributed by atoms with Gasteiger partial charge in [-0.3, -0.25) is 9.47 Å². The maximum atomic E-state index is 12.8. The standard InChI is InChI=1S/C28H37N5O2/c1-6-7-8-25-26(14-9-20(2)17-29)31(5)28(35)30-27(25)33-16-15-32(18-21(33)3)22(4)24-12-10-23(19-34)11-13-24/h8-14,21-22,34H,6-7,15-16,18-19H2,1-5H3/b20-9+,25-8-,26-14+. The second-order valence-electron chi connectivity index (χ2n) is 9.31. The van der Waals surface area contributed by atoms with Gasteiger partial charge in [-0.2, -0.15) is 10.2 Å². The molecule has 0 saturated carbocycles. The van der Waals surface area contributed by atoms with Crippen LogP contribution in [0.25, 0.3) is 12.2 Å². The number of anilines is 1. The molecule has 2 heterocycles. The lowest BCUT2D eigenvalue weighted by atomic mass is 10.0. The van der Waals surface area contributed by atoms with E-state index < -0.39 is 0 Å². The molecular formula is C28H37N5O2. The molecule has 3 rings (SSSR count). The normalized spacial score (nSPS) is 19.2. The molecule has 1 aromatic carbocycles. The van der Waals surface area contributed by atoms with Gasteiger partial charge in [0.05, 0.1) is 18.0 Å². The lowest BCUT2D eigenvalue weighted by Gasteiger charge is -2.43. The number of allylic oxidation sites excluding steroid dienone is 2. The molecule has 2 aromatic rings. The van der Waals surface area contributed by atoms with Crippen LogP contribution in [0, 0.1) is 11.3 Å². The Hall–Kier alpha value is -3.21.